The number of hydrogen-bond donors (Lipinski definition) is 2. The van der Waals surface area contributed by atoms with Crippen LogP contribution in [0.2, 0.25) is 0 Å². The van der Waals surface area contributed by atoms with Gasteiger partial charge in [-0.1, -0.05) is 12.2 Å². The van der Waals surface area contributed by atoms with E-state index in [1.807, 2.05) is 0 Å². The normalized spacial score (nSPS) is 26.5. The first kappa shape index (κ1) is 25.1. The molecule has 14 heteroatoms. The van der Waals surface area contributed by atoms with Crippen molar-refractivity contribution >= 4 is 20.0 Å². The van der Waals surface area contributed by atoms with Crippen molar-refractivity contribution in [1.82, 2.24) is 9.55 Å². The first-order valence-electron chi connectivity index (χ1n) is 6.05. The molecule has 0 unspecified atom stereocenters. The van der Waals surface area contributed by atoms with E-state index >= 15 is 0 Å². The fraction of sp³-hybridized carbons (Fsp3) is 0.600. The molecule has 1 saturated heterocycles. The van der Waals surface area contributed by atoms with Crippen LogP contribution in [-0.2, 0) is 13.8 Å². The van der Waals surface area contributed by atoms with Crippen LogP contribution in [-0.4, -0.2) is 33.2 Å². The number of nitrogens with one attached hydrogen (secondary N) is 1. The molecule has 9 nitrogen and oxygen atoms in total. The monoisotopic (exact) mass is 400 g/mol. The average molecular weight is 400 g/mol. The number of phosphoric acid groups is 1. The van der Waals surface area contributed by atoms with Crippen molar-refractivity contribution < 1.29 is 92.2 Å². The number of alkyl halides is 1. The van der Waals surface area contributed by atoms with Gasteiger partial charge >= 0.3 is 64.8 Å². The van der Waals surface area contributed by atoms with Gasteiger partial charge in [0.1, 0.15) is 17.0 Å². The van der Waals surface area contributed by atoms with Gasteiger partial charge < -0.3 is 28.7 Å². The quantitative estimate of drug-likeness (QED) is 0.289. The molecule has 3 atom stereocenters. The second kappa shape index (κ2) is 9.32. The van der Waals surface area contributed by atoms with Gasteiger partial charge in [-0.2, -0.15) is 0 Å². The predicted octanol–water partition coefficient (Wildman–Crippen LogP) is -6.99. The zero-order valence-electron chi connectivity index (χ0n) is 13.2. The van der Waals surface area contributed by atoms with E-state index in [0.717, 1.165) is 4.57 Å². The van der Waals surface area contributed by atoms with E-state index < -0.39 is 44.7 Å². The summed E-state index contributed by atoms with van der Waals surface area (Å²) >= 11 is 4.87. The van der Waals surface area contributed by atoms with E-state index in [2.05, 4.69) is 9.51 Å². The Morgan fingerprint density at radius 3 is 2.75 bits per heavy atom. The minimum Gasteiger partial charge on any atom is -0.790 e. The first-order chi connectivity index (χ1) is 9.99. The number of nitrogens with zero attached hydrogens (tertiary/aromatic N) is 1. The summed E-state index contributed by atoms with van der Waals surface area (Å²) in [4.78, 5) is 35.0. The summed E-state index contributed by atoms with van der Waals surface area (Å²) in [5.41, 5.74) is -0.166. The van der Waals surface area contributed by atoms with Crippen molar-refractivity contribution in [2.75, 3.05) is 6.61 Å². The van der Waals surface area contributed by atoms with Gasteiger partial charge in [-0.05, 0) is 6.92 Å². The number of aromatic amines is 1. The molecule has 24 heavy (non-hydrogen) atoms. The van der Waals surface area contributed by atoms with Crippen molar-refractivity contribution in [2.45, 2.75) is 31.5 Å². The third-order valence-electron chi connectivity index (χ3n) is 3.12. The van der Waals surface area contributed by atoms with Crippen LogP contribution in [0.25, 0.3) is 0 Å². The van der Waals surface area contributed by atoms with E-state index in [9.17, 15) is 28.6 Å². The number of H-pyrrole nitrogens is 1. The van der Waals surface area contributed by atoms with Crippen LogP contribution in [0, 0.1) is 11.6 Å². The number of ether oxygens (including phenoxy) is 1. The Morgan fingerprint density at radius 2 is 2.21 bits per heavy atom. The SMILES string of the molecule is Cc1cn([C@H]2C[C@@](O)(F)[C@@H](COP(=O)([O-])[O-])O2)c(=O)[nH]c1=S.[Na+].[Na+]. The van der Waals surface area contributed by atoms with Gasteiger partial charge in [-0.15, -0.1) is 0 Å². The first-order valence-corrected chi connectivity index (χ1v) is 7.92. The second-order valence-electron chi connectivity index (χ2n) is 4.82. The Kier molecular flexibility index (Phi) is 9.73. The molecule has 0 radical (unpaired) electrons. The minimum absolute atomic E-state index is 0. The number of halogens is 1. The van der Waals surface area contributed by atoms with Gasteiger partial charge in [-0.3, -0.25) is 9.55 Å². The Balaban J connectivity index is 0.00000264. The Morgan fingerprint density at radius 1 is 1.62 bits per heavy atom. The number of aryl methyl sites for hydroxylation is 1. The molecular weight excluding hydrogens is 388 g/mol. The summed E-state index contributed by atoms with van der Waals surface area (Å²) in [7, 11) is -5.34. The van der Waals surface area contributed by atoms with Gasteiger partial charge in [0.2, 0.25) is 5.85 Å². The van der Waals surface area contributed by atoms with Gasteiger partial charge in [0.15, 0.2) is 0 Å². The molecule has 0 aliphatic carbocycles. The van der Waals surface area contributed by atoms with E-state index in [1.165, 1.54) is 6.20 Å². The van der Waals surface area contributed by atoms with Crippen molar-refractivity contribution in [3.8, 4) is 0 Å². The number of hydrogen-bond acceptors (Lipinski definition) is 8. The smallest absolute Gasteiger partial charge is 0.790 e. The summed E-state index contributed by atoms with van der Waals surface area (Å²) in [6.07, 6.45) is -2.27. The maximum absolute atomic E-state index is 14.0. The van der Waals surface area contributed by atoms with Gasteiger partial charge in [0.05, 0.1) is 20.9 Å². The summed E-state index contributed by atoms with van der Waals surface area (Å²) in [6.45, 7) is 0.613. The van der Waals surface area contributed by atoms with Crippen LogP contribution < -0.4 is 74.6 Å². The third-order valence-corrected chi connectivity index (χ3v) is 4.01. The molecule has 124 valence electrons. The molecule has 0 bridgehead atoms. The maximum atomic E-state index is 14.0. The molecule has 0 aromatic carbocycles. The Hall–Kier alpha value is 1.06. The largest absolute Gasteiger partial charge is 1.00 e. The fourth-order valence-corrected chi connectivity index (χ4v) is 2.47. The minimum atomic E-state index is -5.34. The van der Waals surface area contributed by atoms with E-state index in [1.54, 1.807) is 6.92 Å². The molecule has 2 heterocycles. The molecule has 1 fully saturated rings. The summed E-state index contributed by atoms with van der Waals surface area (Å²) < 4.78 is 34.6. The predicted molar refractivity (Wildman–Crippen MR) is 68.8 cm³/mol. The van der Waals surface area contributed by atoms with Crippen molar-refractivity contribution in [2.24, 2.45) is 0 Å². The molecule has 0 spiro atoms. The Bertz CT molecular complexity index is 737. The fourth-order valence-electron chi connectivity index (χ4n) is 2.01. The Labute approximate surface area is 185 Å². The second-order valence-corrected chi connectivity index (χ2v) is 6.38. The molecule has 0 amide bonds. The van der Waals surface area contributed by atoms with Crippen LogP contribution in [0.1, 0.15) is 18.2 Å². The van der Waals surface area contributed by atoms with Crippen LogP contribution in [0.3, 0.4) is 0 Å². The topological polar surface area (TPSA) is 140 Å². The standard InChI is InChI=1S/C10H14FN2O7PS.2Na/c1-5-3-13(9(14)12-8(5)22)7-2-10(11,15)6(20-7)4-19-21(16,17)18;;/h3,6-7,15H,2,4H2,1H3,(H,12,14,22)(H2,16,17,18);;/q;2*+1/p-2/t6-,7-,10+;;/m1../s1. The van der Waals surface area contributed by atoms with Gasteiger partial charge in [0, 0.05) is 11.8 Å². The zero-order valence-corrected chi connectivity index (χ0v) is 18.9. The molecular formula is C10H12FN2Na2O7PS. The van der Waals surface area contributed by atoms with Crippen molar-refractivity contribution in [3.05, 3.63) is 26.9 Å². The molecule has 2 N–H and O–H groups in total. The van der Waals surface area contributed by atoms with Gasteiger partial charge in [-0.25, -0.2) is 9.18 Å². The number of phosphoric ester groups is 1. The van der Waals surface area contributed by atoms with Crippen LogP contribution >= 0.6 is 20.0 Å². The average Bonchev–Trinajstić information content (AvgIpc) is 2.65. The molecule has 1 aliphatic rings. The molecule has 2 rings (SSSR count). The van der Waals surface area contributed by atoms with Crippen LogP contribution in [0.4, 0.5) is 4.39 Å². The van der Waals surface area contributed by atoms with E-state index in [4.69, 9.17) is 17.0 Å². The van der Waals surface area contributed by atoms with Crippen LogP contribution in [0.15, 0.2) is 11.0 Å². The number of rotatable bonds is 4. The molecule has 1 aliphatic heterocycles. The zero-order chi connectivity index (χ0) is 16.7. The molecule has 1 aromatic rings. The molecule has 1 aromatic heterocycles. The van der Waals surface area contributed by atoms with Gasteiger partial charge in [0.25, 0.3) is 0 Å². The molecule has 0 saturated carbocycles. The van der Waals surface area contributed by atoms with Crippen LogP contribution in [0.5, 0.6) is 0 Å². The van der Waals surface area contributed by atoms with Crippen molar-refractivity contribution in [3.63, 3.8) is 0 Å². The van der Waals surface area contributed by atoms with E-state index in [0.29, 0.717) is 5.56 Å². The third kappa shape index (κ3) is 6.34. The summed E-state index contributed by atoms with van der Waals surface area (Å²) in [6, 6.07) is 0. The number of aromatic nitrogens is 2. The summed E-state index contributed by atoms with van der Waals surface area (Å²) in [5, 5.41) is 9.59. The number of aliphatic hydroxyl groups is 1. The van der Waals surface area contributed by atoms with E-state index in [-0.39, 0.29) is 63.8 Å². The summed E-state index contributed by atoms with van der Waals surface area (Å²) in [5.74, 6) is -2.96. The van der Waals surface area contributed by atoms with Crippen molar-refractivity contribution in [1.29, 1.82) is 0 Å². The maximum Gasteiger partial charge on any atom is 1.00 e.